The number of aryl methyl sites for hydroxylation is 1. The molecule has 2 aromatic rings. The zero-order valence-corrected chi connectivity index (χ0v) is 17.4. The molecule has 152 valence electrons. The van der Waals surface area contributed by atoms with Gasteiger partial charge in [-0.1, -0.05) is 30.3 Å². The number of hydrogen-bond acceptors (Lipinski definition) is 4. The smallest absolute Gasteiger partial charge is 0.191 e. The molecular weight excluding hydrogens is 350 g/mol. The number of aliphatic imine (C=N–C) groups is 1. The van der Waals surface area contributed by atoms with Gasteiger partial charge in [-0.15, -0.1) is 10.2 Å². The molecule has 28 heavy (non-hydrogen) atoms. The van der Waals surface area contributed by atoms with Gasteiger partial charge in [0.15, 0.2) is 11.8 Å². The Balaban J connectivity index is 1.40. The normalized spacial score (nSPS) is 15.4. The Hall–Kier alpha value is -2.41. The van der Waals surface area contributed by atoms with E-state index in [0.29, 0.717) is 12.6 Å². The van der Waals surface area contributed by atoms with Gasteiger partial charge in [-0.05, 0) is 38.8 Å². The van der Waals surface area contributed by atoms with Crippen LogP contribution in [0.15, 0.2) is 35.3 Å². The number of benzene rings is 1. The number of guanidine groups is 1. The summed E-state index contributed by atoms with van der Waals surface area (Å²) in [5, 5.41) is 15.4. The third kappa shape index (κ3) is 5.55. The Morgan fingerprint density at radius 1 is 1.21 bits per heavy atom. The van der Waals surface area contributed by atoms with Crippen LogP contribution in [0.25, 0.3) is 0 Å². The van der Waals surface area contributed by atoms with Crippen molar-refractivity contribution in [2.24, 2.45) is 4.99 Å². The van der Waals surface area contributed by atoms with Crippen LogP contribution in [0.5, 0.6) is 0 Å². The molecule has 1 unspecified atom stereocenters. The average Bonchev–Trinajstić information content (AvgIpc) is 3.14. The largest absolute Gasteiger partial charge is 0.356 e. The van der Waals surface area contributed by atoms with Crippen LogP contribution in [-0.2, 0) is 26.1 Å². The van der Waals surface area contributed by atoms with Gasteiger partial charge in [-0.3, -0.25) is 9.89 Å². The minimum atomic E-state index is 0.481. The van der Waals surface area contributed by atoms with E-state index in [1.165, 1.54) is 18.4 Å². The first kappa shape index (κ1) is 20.3. The van der Waals surface area contributed by atoms with Crippen molar-refractivity contribution >= 4 is 5.96 Å². The van der Waals surface area contributed by atoms with E-state index in [9.17, 15) is 0 Å². The van der Waals surface area contributed by atoms with Crippen LogP contribution in [-0.4, -0.2) is 52.3 Å². The SMILES string of the molecule is CN=C(NCCC(C)N(C)Cc1ccccc1)NCc1nnc2n1CCCC2. The van der Waals surface area contributed by atoms with Crippen molar-refractivity contribution in [3.8, 4) is 0 Å². The minimum Gasteiger partial charge on any atom is -0.356 e. The van der Waals surface area contributed by atoms with E-state index >= 15 is 0 Å². The van der Waals surface area contributed by atoms with E-state index < -0.39 is 0 Å². The molecular formula is C21H33N7. The van der Waals surface area contributed by atoms with E-state index in [-0.39, 0.29) is 0 Å². The van der Waals surface area contributed by atoms with Gasteiger partial charge < -0.3 is 15.2 Å². The molecule has 7 heteroatoms. The van der Waals surface area contributed by atoms with Crippen molar-refractivity contribution in [1.82, 2.24) is 30.3 Å². The third-order valence-electron chi connectivity index (χ3n) is 5.46. The standard InChI is InChI=1S/C21H33N7/c1-17(27(3)16-18-9-5-4-6-10-18)12-13-23-21(22-2)24-15-20-26-25-19-11-7-8-14-28(19)20/h4-6,9-10,17H,7-8,11-16H2,1-3H3,(H2,22,23,24). The molecule has 0 saturated heterocycles. The highest BCUT2D eigenvalue weighted by molar-refractivity contribution is 5.79. The van der Waals surface area contributed by atoms with Gasteiger partial charge in [0.25, 0.3) is 0 Å². The van der Waals surface area contributed by atoms with E-state index in [0.717, 1.165) is 50.1 Å². The lowest BCUT2D eigenvalue weighted by atomic mass is 10.1. The maximum atomic E-state index is 4.34. The van der Waals surface area contributed by atoms with Crippen LogP contribution in [0, 0.1) is 0 Å². The van der Waals surface area contributed by atoms with Gasteiger partial charge in [-0.25, -0.2) is 0 Å². The van der Waals surface area contributed by atoms with Gasteiger partial charge in [-0.2, -0.15) is 0 Å². The lowest BCUT2D eigenvalue weighted by Crippen LogP contribution is -2.40. The quantitative estimate of drug-likeness (QED) is 0.540. The van der Waals surface area contributed by atoms with Crippen molar-refractivity contribution in [1.29, 1.82) is 0 Å². The highest BCUT2D eigenvalue weighted by Crippen LogP contribution is 2.14. The average molecular weight is 384 g/mol. The van der Waals surface area contributed by atoms with Crippen molar-refractivity contribution in [3.05, 3.63) is 47.5 Å². The molecule has 0 saturated carbocycles. The molecule has 7 nitrogen and oxygen atoms in total. The molecule has 1 aromatic heterocycles. The van der Waals surface area contributed by atoms with Crippen LogP contribution in [0.3, 0.4) is 0 Å². The van der Waals surface area contributed by atoms with E-state index in [1.807, 2.05) is 0 Å². The van der Waals surface area contributed by atoms with Crippen LogP contribution in [0.2, 0.25) is 0 Å². The molecule has 0 radical (unpaired) electrons. The van der Waals surface area contributed by atoms with Gasteiger partial charge in [0.2, 0.25) is 0 Å². The number of rotatable bonds is 8. The summed E-state index contributed by atoms with van der Waals surface area (Å²) < 4.78 is 2.24. The van der Waals surface area contributed by atoms with Crippen LogP contribution in [0.1, 0.15) is 43.4 Å². The number of aromatic nitrogens is 3. The summed E-state index contributed by atoms with van der Waals surface area (Å²) in [5.41, 5.74) is 1.35. The maximum Gasteiger partial charge on any atom is 0.191 e. The van der Waals surface area contributed by atoms with Crippen LogP contribution >= 0.6 is 0 Å². The highest BCUT2D eigenvalue weighted by atomic mass is 15.3. The number of fused-ring (bicyclic) bond motifs is 1. The van der Waals surface area contributed by atoms with Gasteiger partial charge in [0.05, 0.1) is 6.54 Å². The molecule has 1 aromatic carbocycles. The summed E-state index contributed by atoms with van der Waals surface area (Å²) in [7, 11) is 3.98. The zero-order chi connectivity index (χ0) is 19.8. The Labute approximate surface area is 168 Å². The summed E-state index contributed by atoms with van der Waals surface area (Å²) in [6.45, 7) is 5.78. The molecule has 2 heterocycles. The van der Waals surface area contributed by atoms with E-state index in [2.05, 4.69) is 79.6 Å². The second kappa shape index (κ2) is 10.2. The fourth-order valence-corrected chi connectivity index (χ4v) is 3.53. The van der Waals surface area contributed by atoms with Crippen LogP contribution < -0.4 is 10.6 Å². The van der Waals surface area contributed by atoms with Crippen molar-refractivity contribution in [2.45, 2.75) is 58.3 Å². The fraction of sp³-hybridized carbons (Fsp3) is 0.571. The highest BCUT2D eigenvalue weighted by Gasteiger charge is 2.15. The van der Waals surface area contributed by atoms with Crippen molar-refractivity contribution < 1.29 is 0 Å². The molecule has 3 rings (SSSR count). The summed E-state index contributed by atoms with van der Waals surface area (Å²) in [6, 6.07) is 11.1. The lowest BCUT2D eigenvalue weighted by Gasteiger charge is -2.25. The minimum absolute atomic E-state index is 0.481. The summed E-state index contributed by atoms with van der Waals surface area (Å²) >= 11 is 0. The van der Waals surface area contributed by atoms with E-state index in [1.54, 1.807) is 7.05 Å². The Kier molecular flexibility index (Phi) is 7.42. The molecule has 1 atom stereocenters. The summed E-state index contributed by atoms with van der Waals surface area (Å²) in [4.78, 5) is 6.72. The zero-order valence-electron chi connectivity index (χ0n) is 17.4. The van der Waals surface area contributed by atoms with Gasteiger partial charge >= 0.3 is 0 Å². The predicted molar refractivity (Wildman–Crippen MR) is 113 cm³/mol. The maximum absolute atomic E-state index is 4.34. The molecule has 1 aliphatic rings. The van der Waals surface area contributed by atoms with Crippen molar-refractivity contribution in [3.63, 3.8) is 0 Å². The predicted octanol–water partition coefficient (Wildman–Crippen LogP) is 2.19. The third-order valence-corrected chi connectivity index (χ3v) is 5.46. The summed E-state index contributed by atoms with van der Waals surface area (Å²) in [6.07, 6.45) is 4.50. The first-order valence-electron chi connectivity index (χ1n) is 10.3. The molecule has 0 amide bonds. The first-order valence-corrected chi connectivity index (χ1v) is 10.3. The first-order chi connectivity index (χ1) is 13.7. The second-order valence-corrected chi connectivity index (χ2v) is 7.53. The second-order valence-electron chi connectivity index (χ2n) is 7.53. The number of nitrogens with one attached hydrogen (secondary N) is 2. The molecule has 0 bridgehead atoms. The van der Waals surface area contributed by atoms with Gasteiger partial charge in [0, 0.05) is 39.1 Å². The fourth-order valence-electron chi connectivity index (χ4n) is 3.53. The lowest BCUT2D eigenvalue weighted by molar-refractivity contribution is 0.238. The van der Waals surface area contributed by atoms with E-state index in [4.69, 9.17) is 0 Å². The molecule has 0 spiro atoms. The van der Waals surface area contributed by atoms with Crippen molar-refractivity contribution in [2.75, 3.05) is 20.6 Å². The van der Waals surface area contributed by atoms with Gasteiger partial charge in [0.1, 0.15) is 5.82 Å². The van der Waals surface area contributed by atoms with Crippen LogP contribution in [0.4, 0.5) is 0 Å². The number of hydrogen-bond donors (Lipinski definition) is 2. The summed E-state index contributed by atoms with van der Waals surface area (Å²) in [5.74, 6) is 2.92. The monoisotopic (exact) mass is 383 g/mol. The molecule has 0 aliphatic carbocycles. The Morgan fingerprint density at radius 3 is 2.82 bits per heavy atom. The number of nitrogens with zero attached hydrogens (tertiary/aromatic N) is 5. The molecule has 0 fully saturated rings. The molecule has 1 aliphatic heterocycles. The Morgan fingerprint density at radius 2 is 2.04 bits per heavy atom. The Bertz CT molecular complexity index is 753. The molecule has 2 N–H and O–H groups in total. The topological polar surface area (TPSA) is 70.4 Å².